The molecule has 6 heteroatoms. The van der Waals surface area contributed by atoms with Crippen molar-refractivity contribution in [1.29, 1.82) is 0 Å². The van der Waals surface area contributed by atoms with Crippen LogP contribution in [-0.4, -0.2) is 23.9 Å². The Morgan fingerprint density at radius 1 is 1.78 bits per heavy atom. The lowest BCUT2D eigenvalue weighted by Gasteiger charge is -2.23. The molecule has 1 aliphatic rings. The molecule has 0 aromatic rings. The molecule has 0 bridgehead atoms. The van der Waals surface area contributed by atoms with Crippen LogP contribution in [0.3, 0.4) is 0 Å². The van der Waals surface area contributed by atoms with Crippen molar-refractivity contribution in [3.8, 4) is 0 Å². The summed E-state index contributed by atoms with van der Waals surface area (Å²) in [5, 5.41) is 17.2. The zero-order valence-corrected chi connectivity index (χ0v) is 4.65. The summed E-state index contributed by atoms with van der Waals surface area (Å²) in [6.45, 7) is 0.321. The van der Waals surface area contributed by atoms with Gasteiger partial charge in [0.15, 0.2) is 0 Å². The molecule has 1 rings (SSSR count). The highest BCUT2D eigenvalue weighted by Crippen LogP contribution is 2.10. The van der Waals surface area contributed by atoms with Crippen LogP contribution in [-0.2, 0) is 0 Å². The van der Waals surface area contributed by atoms with Gasteiger partial charge in [-0.05, 0) is 0 Å². The Kier molecular flexibility index (Phi) is 1.19. The number of carbonyl (C=O) groups is 1. The minimum Gasteiger partial charge on any atom is -0.594 e. The molecule has 9 heavy (non-hydrogen) atoms. The van der Waals surface area contributed by atoms with Gasteiger partial charge < -0.3 is 10.9 Å². The van der Waals surface area contributed by atoms with Crippen LogP contribution in [0, 0.1) is 5.21 Å². The quantitative estimate of drug-likeness (QED) is 0.362. The van der Waals surface area contributed by atoms with Crippen molar-refractivity contribution in [3.63, 3.8) is 0 Å². The van der Waals surface area contributed by atoms with Crippen molar-refractivity contribution in [2.75, 3.05) is 13.1 Å². The second kappa shape index (κ2) is 1.74. The van der Waals surface area contributed by atoms with E-state index in [2.05, 4.69) is 10.3 Å². The summed E-state index contributed by atoms with van der Waals surface area (Å²) < 4.78 is -1.35. The monoisotopic (exact) mass is 130 g/mol. The number of nitrogens with zero attached hydrogens (tertiary/aromatic N) is 3. The Hall–Kier alpha value is -1.01. The normalized spacial score (nSPS) is 33.0. The van der Waals surface area contributed by atoms with Gasteiger partial charge in [-0.1, -0.05) is 0 Å². The maximum atomic E-state index is 10.8. The van der Waals surface area contributed by atoms with E-state index in [9.17, 15) is 10.0 Å². The first-order valence-corrected chi connectivity index (χ1v) is 2.43. The minimum absolute atomic E-state index is 0.0370. The van der Waals surface area contributed by atoms with E-state index >= 15 is 0 Å². The standard InChI is InChI=1S/C3H6N4O2/c4-3(8)7(9)2-1-5-6-7/h1-2H2,(H2,4,8). The van der Waals surface area contributed by atoms with Crippen molar-refractivity contribution in [3.05, 3.63) is 5.21 Å². The lowest BCUT2D eigenvalue weighted by Crippen LogP contribution is -2.45. The molecule has 6 nitrogen and oxygen atoms in total. The number of nitrogens with two attached hydrogens (primary N) is 1. The van der Waals surface area contributed by atoms with E-state index in [-0.39, 0.29) is 13.1 Å². The number of quaternary nitrogens is 1. The molecule has 0 aromatic heterocycles. The summed E-state index contributed by atoms with van der Waals surface area (Å²) >= 11 is 0. The lowest BCUT2D eigenvalue weighted by molar-refractivity contribution is -0.799. The van der Waals surface area contributed by atoms with Gasteiger partial charge in [0.1, 0.15) is 13.1 Å². The number of amides is 2. The fourth-order valence-electron chi connectivity index (χ4n) is 0.526. The van der Waals surface area contributed by atoms with Crippen LogP contribution in [0.1, 0.15) is 0 Å². The summed E-state index contributed by atoms with van der Waals surface area (Å²) in [4.78, 5) is 10.3. The molecule has 2 amide bonds. The van der Waals surface area contributed by atoms with E-state index in [1.54, 1.807) is 0 Å². The first-order valence-electron chi connectivity index (χ1n) is 2.43. The number of hydrogen-bond donors (Lipinski definition) is 1. The van der Waals surface area contributed by atoms with E-state index in [4.69, 9.17) is 5.73 Å². The Bertz CT molecular complexity index is 167. The molecule has 0 spiro atoms. The van der Waals surface area contributed by atoms with Gasteiger partial charge in [0.05, 0.1) is 0 Å². The second-order valence-electron chi connectivity index (χ2n) is 1.72. The fourth-order valence-corrected chi connectivity index (χ4v) is 0.526. The molecule has 0 saturated heterocycles. The van der Waals surface area contributed by atoms with Crippen LogP contribution in [0.2, 0.25) is 0 Å². The van der Waals surface area contributed by atoms with Crippen molar-refractivity contribution >= 4 is 6.03 Å². The number of hydrogen-bond acceptors (Lipinski definition) is 4. The van der Waals surface area contributed by atoms with E-state index < -0.39 is 10.8 Å². The molecule has 0 radical (unpaired) electrons. The smallest absolute Gasteiger partial charge is 0.442 e. The molecular formula is C3H6N4O2. The highest BCUT2D eigenvalue weighted by atomic mass is 16.6. The molecule has 0 aliphatic carbocycles. The van der Waals surface area contributed by atoms with Crippen LogP contribution in [0.4, 0.5) is 4.79 Å². The highest BCUT2D eigenvalue weighted by Gasteiger charge is 2.28. The lowest BCUT2D eigenvalue weighted by atomic mass is 10.6. The molecule has 2 N–H and O–H groups in total. The van der Waals surface area contributed by atoms with Crippen molar-refractivity contribution in [1.82, 2.24) is 0 Å². The zero-order valence-electron chi connectivity index (χ0n) is 4.65. The second-order valence-corrected chi connectivity index (χ2v) is 1.72. The summed E-state index contributed by atoms with van der Waals surface area (Å²) in [7, 11) is 0. The fraction of sp³-hybridized carbons (Fsp3) is 0.667. The third-order valence-corrected chi connectivity index (χ3v) is 1.06. The van der Waals surface area contributed by atoms with Crippen molar-refractivity contribution < 1.29 is 9.55 Å². The van der Waals surface area contributed by atoms with Gasteiger partial charge in [-0.2, -0.15) is 0 Å². The molecule has 1 unspecified atom stereocenters. The van der Waals surface area contributed by atoms with Crippen LogP contribution in [0.15, 0.2) is 10.3 Å². The largest absolute Gasteiger partial charge is 0.594 e. The third kappa shape index (κ3) is 0.889. The molecular weight excluding hydrogens is 124 g/mol. The number of primary amides is 1. The van der Waals surface area contributed by atoms with Gasteiger partial charge in [-0.3, -0.25) is 0 Å². The van der Waals surface area contributed by atoms with Gasteiger partial charge >= 0.3 is 6.03 Å². The minimum atomic E-state index is -1.35. The van der Waals surface area contributed by atoms with E-state index in [1.807, 2.05) is 0 Å². The number of hydroxylamine groups is 2. The maximum absolute atomic E-state index is 10.8. The molecule has 0 saturated carbocycles. The number of carbonyl (C=O) groups excluding carboxylic acids is 1. The molecule has 1 heterocycles. The summed E-state index contributed by atoms with van der Waals surface area (Å²) in [5.41, 5.74) is 4.70. The average Bonchev–Trinajstić information content (AvgIpc) is 2.16. The molecule has 1 atom stereocenters. The molecule has 0 aromatic carbocycles. The summed E-state index contributed by atoms with van der Waals surface area (Å²) in [6, 6.07) is -1.00. The average molecular weight is 130 g/mol. The van der Waals surface area contributed by atoms with Crippen LogP contribution < -0.4 is 5.73 Å². The van der Waals surface area contributed by atoms with Gasteiger partial charge in [0.2, 0.25) is 0 Å². The van der Waals surface area contributed by atoms with Crippen LogP contribution in [0.25, 0.3) is 0 Å². The number of urea groups is 1. The molecule has 50 valence electrons. The SMILES string of the molecule is NC(=O)[N+]1([O-])CCN=N1. The predicted molar refractivity (Wildman–Crippen MR) is 27.8 cm³/mol. The van der Waals surface area contributed by atoms with Crippen molar-refractivity contribution in [2.24, 2.45) is 16.1 Å². The van der Waals surface area contributed by atoms with Gasteiger partial charge in [0, 0.05) is 5.22 Å². The van der Waals surface area contributed by atoms with E-state index in [1.165, 1.54) is 0 Å². The summed E-state index contributed by atoms with van der Waals surface area (Å²) in [6.07, 6.45) is 0. The third-order valence-electron chi connectivity index (χ3n) is 1.06. The van der Waals surface area contributed by atoms with Crippen molar-refractivity contribution in [2.45, 2.75) is 0 Å². The summed E-state index contributed by atoms with van der Waals surface area (Å²) in [5.74, 6) is 0. The van der Waals surface area contributed by atoms with Gasteiger partial charge in [-0.15, -0.1) is 9.87 Å². The van der Waals surface area contributed by atoms with Crippen LogP contribution in [0.5, 0.6) is 0 Å². The Labute approximate surface area is 51.1 Å². The van der Waals surface area contributed by atoms with E-state index in [0.29, 0.717) is 0 Å². The predicted octanol–water partition coefficient (Wildman–Crippen LogP) is -0.240. The topological polar surface area (TPSA) is 90.9 Å². The van der Waals surface area contributed by atoms with Gasteiger partial charge in [0.25, 0.3) is 0 Å². The Balaban J connectivity index is 2.74. The zero-order chi connectivity index (χ0) is 6.91. The first-order chi connectivity index (χ1) is 4.15. The molecule has 1 aliphatic heterocycles. The number of rotatable bonds is 0. The van der Waals surface area contributed by atoms with Gasteiger partial charge in [-0.25, -0.2) is 4.79 Å². The Morgan fingerprint density at radius 3 is 2.67 bits per heavy atom. The highest BCUT2D eigenvalue weighted by molar-refractivity contribution is 5.64. The molecule has 0 fully saturated rings. The first kappa shape index (κ1) is 6.12. The van der Waals surface area contributed by atoms with Crippen LogP contribution >= 0.6 is 0 Å². The Morgan fingerprint density at radius 2 is 2.44 bits per heavy atom. The maximum Gasteiger partial charge on any atom is 0.442 e. The van der Waals surface area contributed by atoms with E-state index in [0.717, 1.165) is 0 Å².